The fourth-order valence-corrected chi connectivity index (χ4v) is 5.68. The number of benzene rings is 3. The van der Waals surface area contributed by atoms with E-state index in [9.17, 15) is 31.7 Å². The molecular formula is C26H28N4O8S2. The number of carbonyl (C=O) groups is 1. The second-order valence-corrected chi connectivity index (χ2v) is 12.4. The van der Waals surface area contributed by atoms with Crippen LogP contribution in [0.1, 0.15) is 31.4 Å². The van der Waals surface area contributed by atoms with Crippen molar-refractivity contribution in [2.45, 2.75) is 43.0 Å². The van der Waals surface area contributed by atoms with Crippen LogP contribution in [0.15, 0.2) is 87.7 Å². The summed E-state index contributed by atoms with van der Waals surface area (Å²) >= 11 is 0. The fourth-order valence-electron chi connectivity index (χ4n) is 3.48. The quantitative estimate of drug-likeness (QED) is 0.140. The number of sulfonamides is 1. The summed E-state index contributed by atoms with van der Waals surface area (Å²) in [6, 6.07) is 15.3. The van der Waals surface area contributed by atoms with E-state index in [0.29, 0.717) is 0 Å². The van der Waals surface area contributed by atoms with Crippen LogP contribution in [0.4, 0.5) is 5.69 Å². The zero-order valence-corrected chi connectivity index (χ0v) is 23.5. The fraction of sp³-hybridized carbons (Fsp3) is 0.231. The van der Waals surface area contributed by atoms with Crippen LogP contribution in [0.5, 0.6) is 5.75 Å². The Balaban J connectivity index is 1.77. The normalized spacial score (nSPS) is 12.8. The molecule has 0 aliphatic heterocycles. The van der Waals surface area contributed by atoms with Gasteiger partial charge in [-0.15, -0.1) is 0 Å². The maximum Gasteiger partial charge on any atom is 0.339 e. The average Bonchev–Trinajstić information content (AvgIpc) is 2.89. The molecule has 3 rings (SSSR count). The summed E-state index contributed by atoms with van der Waals surface area (Å²) in [5.74, 6) is -0.900. The number of nitrogens with one attached hydrogen (secondary N) is 2. The number of rotatable bonds is 12. The molecule has 0 radical (unpaired) electrons. The van der Waals surface area contributed by atoms with E-state index in [1.807, 2.05) is 20.8 Å². The van der Waals surface area contributed by atoms with E-state index in [0.717, 1.165) is 30.0 Å². The number of carbonyl (C=O) groups excluding carboxylic acids is 1. The third-order valence-corrected chi connectivity index (χ3v) is 8.18. The van der Waals surface area contributed by atoms with Gasteiger partial charge in [0.25, 0.3) is 11.6 Å². The van der Waals surface area contributed by atoms with Gasteiger partial charge in [-0.2, -0.15) is 18.2 Å². The molecule has 2 N–H and O–H groups in total. The molecule has 0 saturated carbocycles. The van der Waals surface area contributed by atoms with Crippen molar-refractivity contribution in [2.24, 2.45) is 11.0 Å². The Bertz CT molecular complexity index is 1620. The van der Waals surface area contributed by atoms with Crippen LogP contribution in [-0.4, -0.2) is 39.9 Å². The van der Waals surface area contributed by atoms with Crippen LogP contribution in [-0.2, 0) is 24.9 Å². The summed E-state index contributed by atoms with van der Waals surface area (Å²) in [6.07, 6.45) is 1.32. The molecule has 0 aliphatic rings. The number of non-ortho nitro benzene ring substituents is 1. The second-order valence-electron chi connectivity index (χ2n) is 9.18. The van der Waals surface area contributed by atoms with Gasteiger partial charge in [-0.05, 0) is 49.6 Å². The first-order valence-electron chi connectivity index (χ1n) is 12.0. The highest BCUT2D eigenvalue weighted by Gasteiger charge is 2.26. The van der Waals surface area contributed by atoms with Gasteiger partial charge in [0.2, 0.25) is 10.0 Å². The van der Waals surface area contributed by atoms with E-state index in [4.69, 9.17) is 4.18 Å². The van der Waals surface area contributed by atoms with Crippen molar-refractivity contribution >= 4 is 38.0 Å². The Morgan fingerprint density at radius 1 is 1.00 bits per heavy atom. The molecule has 40 heavy (non-hydrogen) atoms. The molecule has 3 aromatic carbocycles. The van der Waals surface area contributed by atoms with Crippen LogP contribution in [0.3, 0.4) is 0 Å². The van der Waals surface area contributed by atoms with E-state index >= 15 is 0 Å². The Kier molecular flexibility index (Phi) is 9.74. The van der Waals surface area contributed by atoms with Crippen molar-refractivity contribution < 1.29 is 30.7 Å². The topological polar surface area (TPSA) is 174 Å². The third kappa shape index (κ3) is 8.18. The summed E-state index contributed by atoms with van der Waals surface area (Å²) in [4.78, 5) is 22.8. The van der Waals surface area contributed by atoms with Gasteiger partial charge in [0.1, 0.15) is 10.9 Å². The van der Waals surface area contributed by atoms with Gasteiger partial charge in [-0.1, -0.05) is 49.7 Å². The van der Waals surface area contributed by atoms with E-state index in [1.54, 1.807) is 18.2 Å². The highest BCUT2D eigenvalue weighted by atomic mass is 32.2. The van der Waals surface area contributed by atoms with Crippen molar-refractivity contribution in [1.29, 1.82) is 0 Å². The number of nitro benzene ring substituents is 1. The van der Waals surface area contributed by atoms with Crippen LogP contribution in [0.2, 0.25) is 0 Å². The van der Waals surface area contributed by atoms with Gasteiger partial charge >= 0.3 is 10.1 Å². The molecule has 12 nitrogen and oxygen atoms in total. The zero-order chi connectivity index (χ0) is 29.5. The Hall–Kier alpha value is -4.14. The van der Waals surface area contributed by atoms with Crippen molar-refractivity contribution in [3.05, 3.63) is 94.0 Å². The lowest BCUT2D eigenvalue weighted by molar-refractivity contribution is -0.385. The van der Waals surface area contributed by atoms with Crippen LogP contribution < -0.4 is 14.3 Å². The minimum absolute atomic E-state index is 0.0131. The Labute approximate surface area is 232 Å². The molecule has 0 saturated heterocycles. The third-order valence-electron chi connectivity index (χ3n) is 5.47. The first-order valence-corrected chi connectivity index (χ1v) is 14.9. The van der Waals surface area contributed by atoms with Crippen molar-refractivity contribution in [1.82, 2.24) is 10.1 Å². The van der Waals surface area contributed by atoms with E-state index in [2.05, 4.69) is 15.2 Å². The minimum Gasteiger partial charge on any atom is -0.378 e. The van der Waals surface area contributed by atoms with Crippen molar-refractivity contribution in [3.63, 3.8) is 0 Å². The standard InChI is InChI=1S/C26H28N4O8S2/c1-18(2)15-24(29-39(34,35)22-13-11-19(3)12-14-22)26(31)28-27-17-20-7-4-5-10-25(20)38-40(36,37)23-9-6-8-21(16-23)30(32)33/h4-14,16-18,24,29H,15H2,1-3H3,(H,28,31)/b27-17-/t24-/m0/s1. The van der Waals surface area contributed by atoms with Gasteiger partial charge < -0.3 is 4.18 Å². The Morgan fingerprint density at radius 2 is 1.68 bits per heavy atom. The molecule has 0 unspecified atom stereocenters. The zero-order valence-electron chi connectivity index (χ0n) is 21.8. The molecule has 212 valence electrons. The molecule has 0 heterocycles. The summed E-state index contributed by atoms with van der Waals surface area (Å²) in [6.45, 7) is 5.49. The lowest BCUT2D eigenvalue weighted by atomic mass is 10.0. The molecule has 0 bridgehead atoms. The highest BCUT2D eigenvalue weighted by Crippen LogP contribution is 2.24. The van der Waals surface area contributed by atoms with E-state index < -0.39 is 47.6 Å². The lowest BCUT2D eigenvalue weighted by Crippen LogP contribution is -2.46. The molecule has 0 spiro atoms. The van der Waals surface area contributed by atoms with E-state index in [-0.39, 0.29) is 28.5 Å². The Morgan fingerprint density at radius 3 is 2.33 bits per heavy atom. The SMILES string of the molecule is Cc1ccc(S(=O)(=O)N[C@@H](CC(C)C)C(=O)N/N=C\c2ccccc2OS(=O)(=O)c2cccc([N+](=O)[O-])c2)cc1. The molecule has 1 amide bonds. The molecule has 0 aliphatic carbocycles. The van der Waals surface area contributed by atoms with Crippen molar-refractivity contribution in [3.8, 4) is 5.75 Å². The average molecular weight is 589 g/mol. The number of nitrogens with zero attached hydrogens (tertiary/aromatic N) is 2. The predicted molar refractivity (Wildman–Crippen MR) is 148 cm³/mol. The maximum absolute atomic E-state index is 12.9. The van der Waals surface area contributed by atoms with Gasteiger partial charge in [0.15, 0.2) is 5.75 Å². The van der Waals surface area contributed by atoms with Crippen LogP contribution >= 0.6 is 0 Å². The van der Waals surface area contributed by atoms with Crippen LogP contribution in [0, 0.1) is 23.0 Å². The summed E-state index contributed by atoms with van der Waals surface area (Å²) in [5.41, 5.74) is 2.91. The number of hydrogen-bond acceptors (Lipinski definition) is 9. The molecule has 0 fully saturated rings. The first kappa shape index (κ1) is 30.4. The smallest absolute Gasteiger partial charge is 0.339 e. The summed E-state index contributed by atoms with van der Waals surface area (Å²) in [7, 11) is -8.44. The lowest BCUT2D eigenvalue weighted by Gasteiger charge is -2.19. The number of hydrogen-bond donors (Lipinski definition) is 2. The predicted octanol–water partition coefficient (Wildman–Crippen LogP) is 3.51. The van der Waals surface area contributed by atoms with Crippen LogP contribution in [0.25, 0.3) is 0 Å². The number of para-hydroxylation sites is 1. The maximum atomic E-state index is 12.9. The van der Waals surface area contributed by atoms with Gasteiger partial charge in [0.05, 0.1) is 16.0 Å². The largest absolute Gasteiger partial charge is 0.378 e. The van der Waals surface area contributed by atoms with Gasteiger partial charge in [0, 0.05) is 17.7 Å². The number of hydrazone groups is 1. The molecule has 3 aromatic rings. The first-order chi connectivity index (χ1) is 18.8. The molecule has 1 atom stereocenters. The second kappa shape index (κ2) is 12.8. The molecule has 14 heteroatoms. The summed E-state index contributed by atoms with van der Waals surface area (Å²) in [5, 5.41) is 14.9. The summed E-state index contributed by atoms with van der Waals surface area (Å²) < 4.78 is 58.8. The molecule has 0 aromatic heterocycles. The van der Waals surface area contributed by atoms with Gasteiger partial charge in [-0.3, -0.25) is 14.9 Å². The van der Waals surface area contributed by atoms with Gasteiger partial charge in [-0.25, -0.2) is 13.8 Å². The number of amides is 1. The minimum atomic E-state index is -4.44. The van der Waals surface area contributed by atoms with E-state index in [1.165, 1.54) is 36.4 Å². The number of aryl methyl sites for hydroxylation is 1. The highest BCUT2D eigenvalue weighted by molar-refractivity contribution is 7.89. The monoisotopic (exact) mass is 588 g/mol. The van der Waals surface area contributed by atoms with Crippen molar-refractivity contribution in [2.75, 3.05) is 0 Å². The molecular weight excluding hydrogens is 560 g/mol. The number of nitro groups is 1.